The summed E-state index contributed by atoms with van der Waals surface area (Å²) in [6.45, 7) is 0.116. The van der Waals surface area contributed by atoms with Crippen molar-refractivity contribution in [2.24, 2.45) is 0 Å². The van der Waals surface area contributed by atoms with Gasteiger partial charge in [-0.05, 0) is 36.8 Å². The molecule has 11 heteroatoms. The number of benzene rings is 2. The highest BCUT2D eigenvalue weighted by Gasteiger charge is 2.25. The molecule has 3 rings (SSSR count). The van der Waals surface area contributed by atoms with Crippen molar-refractivity contribution in [3.63, 3.8) is 0 Å². The molecular weight excluding hydrogens is 464 g/mol. The van der Waals surface area contributed by atoms with Crippen LogP contribution in [0.5, 0.6) is 11.5 Å². The summed E-state index contributed by atoms with van der Waals surface area (Å²) in [4.78, 5) is 24.1. The van der Waals surface area contributed by atoms with E-state index in [0.29, 0.717) is 10.8 Å². The van der Waals surface area contributed by atoms with Gasteiger partial charge >= 0.3 is 0 Å². The van der Waals surface area contributed by atoms with Crippen LogP contribution < -0.4 is 25.4 Å². The highest BCUT2D eigenvalue weighted by Crippen LogP contribution is 2.31. The predicted octanol–water partition coefficient (Wildman–Crippen LogP) is 2.37. The van der Waals surface area contributed by atoms with E-state index in [1.165, 1.54) is 12.1 Å². The van der Waals surface area contributed by atoms with Gasteiger partial charge in [0.1, 0.15) is 17.3 Å². The number of hydrogen-bond acceptors (Lipinski definition) is 6. The zero-order chi connectivity index (χ0) is 23.1. The molecule has 0 saturated heterocycles. The van der Waals surface area contributed by atoms with Gasteiger partial charge in [0.05, 0.1) is 23.4 Å². The van der Waals surface area contributed by atoms with Crippen molar-refractivity contribution in [2.45, 2.75) is 18.6 Å². The van der Waals surface area contributed by atoms with Crippen molar-refractivity contribution in [2.75, 3.05) is 31.6 Å². The number of rotatable bonds is 9. The lowest BCUT2D eigenvalue weighted by molar-refractivity contribution is -0.128. The standard InChI is InChI=1S/C21H22Cl2FN3O5/c22-12-1-4-18-17(7-12)26-10-19(32-18)21(30)25-6-5-13(28)9-27-20(29)11-31-14-2-3-15(23)16(24)8-14/h1-4,7-8,13,19,26,28H,5-6,9-11H2,(H,25,30)(H,27,29)/t13-,19?/m0/s1. The highest BCUT2D eigenvalue weighted by atomic mass is 35.5. The second-order valence-corrected chi connectivity index (χ2v) is 7.87. The third kappa shape index (κ3) is 6.88. The first-order chi connectivity index (χ1) is 15.3. The lowest BCUT2D eigenvalue weighted by Crippen LogP contribution is -2.45. The topological polar surface area (TPSA) is 109 Å². The van der Waals surface area contributed by atoms with E-state index >= 15 is 0 Å². The number of amides is 2. The highest BCUT2D eigenvalue weighted by molar-refractivity contribution is 6.31. The van der Waals surface area contributed by atoms with Gasteiger partial charge in [-0.3, -0.25) is 9.59 Å². The molecule has 0 bridgehead atoms. The summed E-state index contributed by atoms with van der Waals surface area (Å²) < 4.78 is 24.2. The number of carbonyl (C=O) groups excluding carboxylic acids is 2. The summed E-state index contributed by atoms with van der Waals surface area (Å²) in [5, 5.41) is 18.8. The first kappa shape index (κ1) is 23.9. The van der Waals surface area contributed by atoms with Crippen LogP contribution in [-0.2, 0) is 9.59 Å². The lowest BCUT2D eigenvalue weighted by atomic mass is 10.2. The van der Waals surface area contributed by atoms with Crippen LogP contribution in [0.2, 0.25) is 10.0 Å². The Bertz CT molecular complexity index is 978. The monoisotopic (exact) mass is 485 g/mol. The summed E-state index contributed by atoms with van der Waals surface area (Å²) in [6.07, 6.45) is -1.36. The maximum atomic E-state index is 13.3. The summed E-state index contributed by atoms with van der Waals surface area (Å²) in [6, 6.07) is 8.91. The molecule has 4 N–H and O–H groups in total. The smallest absolute Gasteiger partial charge is 0.262 e. The minimum absolute atomic E-state index is 0.0251. The number of carbonyl (C=O) groups is 2. The molecule has 1 heterocycles. The van der Waals surface area contributed by atoms with Crippen molar-refractivity contribution in [1.82, 2.24) is 10.6 Å². The van der Waals surface area contributed by atoms with Gasteiger partial charge in [-0.1, -0.05) is 23.2 Å². The number of hydrogen-bond donors (Lipinski definition) is 4. The van der Waals surface area contributed by atoms with Crippen LogP contribution in [-0.4, -0.2) is 55.4 Å². The van der Waals surface area contributed by atoms with Gasteiger partial charge in [-0.25, -0.2) is 4.39 Å². The van der Waals surface area contributed by atoms with Gasteiger partial charge < -0.3 is 30.5 Å². The Kier molecular flexibility index (Phi) is 8.38. The molecule has 2 atom stereocenters. The molecule has 1 aliphatic heterocycles. The molecular formula is C21H22Cl2FN3O5. The molecule has 0 aliphatic carbocycles. The van der Waals surface area contributed by atoms with E-state index in [4.69, 9.17) is 32.7 Å². The zero-order valence-corrected chi connectivity index (χ0v) is 18.4. The van der Waals surface area contributed by atoms with Gasteiger partial charge in [-0.15, -0.1) is 0 Å². The molecule has 2 aromatic rings. The maximum absolute atomic E-state index is 13.3. The van der Waals surface area contributed by atoms with Crippen molar-refractivity contribution in [3.8, 4) is 11.5 Å². The van der Waals surface area contributed by atoms with Crippen LogP contribution >= 0.6 is 23.2 Å². The Balaban J connectivity index is 1.31. The maximum Gasteiger partial charge on any atom is 0.262 e. The first-order valence-corrected chi connectivity index (χ1v) is 10.6. The Labute approximate surface area is 194 Å². The number of nitrogens with one attached hydrogen (secondary N) is 3. The number of aliphatic hydroxyl groups is 1. The number of anilines is 1. The first-order valence-electron chi connectivity index (χ1n) is 9.82. The normalized spacial score (nSPS) is 15.6. The second kappa shape index (κ2) is 11.2. The fourth-order valence-electron chi connectivity index (χ4n) is 2.86. The minimum Gasteiger partial charge on any atom is -0.484 e. The average molecular weight is 486 g/mol. The van der Waals surface area contributed by atoms with Gasteiger partial charge in [0.2, 0.25) is 0 Å². The molecule has 0 spiro atoms. The average Bonchev–Trinajstić information content (AvgIpc) is 2.78. The molecule has 172 valence electrons. The van der Waals surface area contributed by atoms with E-state index in [0.717, 1.165) is 11.8 Å². The van der Waals surface area contributed by atoms with Crippen LogP contribution in [0, 0.1) is 5.82 Å². The number of aliphatic hydroxyl groups excluding tert-OH is 1. The predicted molar refractivity (Wildman–Crippen MR) is 118 cm³/mol. The van der Waals surface area contributed by atoms with Gasteiger partial charge in [0.25, 0.3) is 11.8 Å². The molecule has 2 amide bonds. The molecule has 0 fully saturated rings. The molecule has 0 radical (unpaired) electrons. The van der Waals surface area contributed by atoms with Gasteiger partial charge in [0, 0.05) is 24.2 Å². The number of fused-ring (bicyclic) bond motifs is 1. The molecule has 8 nitrogen and oxygen atoms in total. The lowest BCUT2D eigenvalue weighted by Gasteiger charge is -2.26. The van der Waals surface area contributed by atoms with Crippen molar-refractivity contribution in [1.29, 1.82) is 0 Å². The van der Waals surface area contributed by atoms with E-state index in [1.807, 2.05) is 0 Å². The molecule has 0 saturated carbocycles. The van der Waals surface area contributed by atoms with E-state index in [2.05, 4.69) is 16.0 Å². The van der Waals surface area contributed by atoms with E-state index in [9.17, 15) is 19.1 Å². The van der Waals surface area contributed by atoms with Crippen LogP contribution in [0.4, 0.5) is 10.1 Å². The summed E-state index contributed by atoms with van der Waals surface area (Å²) in [7, 11) is 0. The van der Waals surface area contributed by atoms with Gasteiger partial charge in [0.15, 0.2) is 12.7 Å². The Morgan fingerprint density at radius 3 is 2.84 bits per heavy atom. The Morgan fingerprint density at radius 1 is 1.25 bits per heavy atom. The van der Waals surface area contributed by atoms with E-state index in [-0.39, 0.29) is 49.3 Å². The van der Waals surface area contributed by atoms with Crippen molar-refractivity contribution in [3.05, 3.63) is 52.3 Å². The summed E-state index contributed by atoms with van der Waals surface area (Å²) >= 11 is 11.5. The van der Waals surface area contributed by atoms with Crippen molar-refractivity contribution >= 4 is 40.7 Å². The van der Waals surface area contributed by atoms with E-state index in [1.54, 1.807) is 18.2 Å². The van der Waals surface area contributed by atoms with Crippen LogP contribution in [0.15, 0.2) is 36.4 Å². The molecule has 2 aromatic carbocycles. The zero-order valence-electron chi connectivity index (χ0n) is 16.9. The Hall–Kier alpha value is -2.75. The van der Waals surface area contributed by atoms with Crippen molar-refractivity contribution < 1.29 is 28.6 Å². The molecule has 1 aliphatic rings. The number of ether oxygens (including phenoxy) is 2. The summed E-state index contributed by atoms with van der Waals surface area (Å²) in [5.41, 5.74) is 0.720. The third-order valence-corrected chi connectivity index (χ3v) is 5.10. The van der Waals surface area contributed by atoms with E-state index < -0.39 is 23.9 Å². The van der Waals surface area contributed by atoms with Crippen LogP contribution in [0.25, 0.3) is 0 Å². The molecule has 1 unspecified atom stereocenters. The quantitative estimate of drug-likeness (QED) is 0.434. The number of halogens is 3. The van der Waals surface area contributed by atoms with Crippen LogP contribution in [0.1, 0.15) is 6.42 Å². The fourth-order valence-corrected chi connectivity index (χ4v) is 3.15. The second-order valence-electron chi connectivity index (χ2n) is 7.03. The third-order valence-electron chi connectivity index (χ3n) is 4.55. The fraction of sp³-hybridized carbons (Fsp3) is 0.333. The SMILES string of the molecule is O=C(COc1ccc(Cl)c(F)c1)NC[C@@H](O)CCNC(=O)C1CNc2cc(Cl)ccc2O1. The molecule has 0 aromatic heterocycles. The van der Waals surface area contributed by atoms with Gasteiger partial charge in [-0.2, -0.15) is 0 Å². The van der Waals surface area contributed by atoms with Crippen LogP contribution in [0.3, 0.4) is 0 Å². The largest absolute Gasteiger partial charge is 0.484 e. The summed E-state index contributed by atoms with van der Waals surface area (Å²) in [5.74, 6) is -0.755. The molecule has 32 heavy (non-hydrogen) atoms. The Morgan fingerprint density at radius 2 is 2.06 bits per heavy atom. The minimum atomic E-state index is -0.875.